The predicted molar refractivity (Wildman–Crippen MR) is 227 cm³/mol. The predicted octanol–water partition coefficient (Wildman–Crippen LogP) is 10.3. The number of benzene rings is 7. The smallest absolute Gasteiger partial charge is 0.426 e. The first kappa shape index (κ1) is 41.0. The minimum atomic E-state index is -4.60. The molecule has 60 heavy (non-hydrogen) atoms. The van der Waals surface area contributed by atoms with Gasteiger partial charge in [-0.3, -0.25) is 0 Å². The van der Waals surface area contributed by atoms with Gasteiger partial charge in [-0.05, 0) is 104 Å². The zero-order valence-electron chi connectivity index (χ0n) is 33.0. The molecule has 0 amide bonds. The lowest BCUT2D eigenvalue weighted by Gasteiger charge is -2.20. The van der Waals surface area contributed by atoms with Crippen molar-refractivity contribution in [3.05, 3.63) is 157 Å². The largest absolute Gasteiger partial charge is 0.508 e. The highest BCUT2D eigenvalue weighted by molar-refractivity contribution is 7.87. The Kier molecular flexibility index (Phi) is 10.6. The number of diazo groups is 2. The van der Waals surface area contributed by atoms with E-state index in [2.05, 4.69) is 9.95 Å². The lowest BCUT2D eigenvalue weighted by molar-refractivity contribution is 0.470. The molecule has 7 rings (SSSR count). The van der Waals surface area contributed by atoms with Gasteiger partial charge in [0.25, 0.3) is 0 Å². The zero-order chi connectivity index (χ0) is 43.3. The molecule has 0 heterocycles. The molecule has 0 aromatic heterocycles. The minimum absolute atomic E-state index is 0.0537. The van der Waals surface area contributed by atoms with Crippen molar-refractivity contribution in [3.63, 3.8) is 0 Å². The van der Waals surface area contributed by atoms with Gasteiger partial charge in [0, 0.05) is 57.6 Å². The number of nitrogens with zero attached hydrogens (tertiary/aromatic N) is 4. The molecule has 0 bridgehead atoms. The topological polar surface area (TPSA) is 204 Å². The average Bonchev–Trinajstić information content (AvgIpc) is 3.20. The molecule has 13 nitrogen and oxygen atoms in total. The van der Waals surface area contributed by atoms with Crippen LogP contribution in [-0.2, 0) is 33.1 Å². The quantitative estimate of drug-likeness (QED) is 0.0873. The molecule has 3 N–H and O–H groups in total. The van der Waals surface area contributed by atoms with E-state index < -0.39 is 31.7 Å². The Bertz CT molecular complexity index is 3260. The van der Waals surface area contributed by atoms with Crippen LogP contribution in [0.3, 0.4) is 0 Å². The van der Waals surface area contributed by atoms with Crippen molar-refractivity contribution in [2.75, 3.05) is 0 Å². The Morgan fingerprint density at radius 1 is 0.517 bits per heavy atom. The summed E-state index contributed by atoms with van der Waals surface area (Å²) in [5.41, 5.74) is 5.69. The van der Waals surface area contributed by atoms with Crippen molar-refractivity contribution in [2.24, 2.45) is 0 Å². The van der Waals surface area contributed by atoms with E-state index in [9.17, 15) is 42.9 Å². The Hall–Kier alpha value is -7.20. The molecule has 302 valence electrons. The lowest BCUT2D eigenvalue weighted by Crippen LogP contribution is -2.14. The van der Waals surface area contributed by atoms with Crippen LogP contribution in [0.25, 0.3) is 31.5 Å². The normalized spacial score (nSPS) is 11.7. The first-order valence-electron chi connectivity index (χ1n) is 18.5. The number of phenolic OH excluding ortho intramolecular Hbond substituents is 3. The van der Waals surface area contributed by atoms with Crippen molar-refractivity contribution < 1.29 is 40.5 Å². The summed E-state index contributed by atoms with van der Waals surface area (Å²) in [6.07, 6.45) is 0.403. The molecular weight excluding hydrogens is 805 g/mol. The van der Waals surface area contributed by atoms with Gasteiger partial charge in [0.15, 0.2) is 9.95 Å². The zero-order valence-corrected chi connectivity index (χ0v) is 34.7. The van der Waals surface area contributed by atoms with Crippen molar-refractivity contribution in [1.29, 1.82) is 10.8 Å². The molecule has 15 heteroatoms. The number of fused-ring (bicyclic) bond motifs is 2. The molecule has 0 saturated heterocycles. The fourth-order valence-corrected chi connectivity index (χ4v) is 9.82. The lowest BCUT2D eigenvalue weighted by atomic mass is 9.92. The van der Waals surface area contributed by atoms with Crippen LogP contribution in [0.2, 0.25) is 0 Å². The van der Waals surface area contributed by atoms with Gasteiger partial charge in [-0.25, -0.2) is 0 Å². The molecule has 7 aromatic rings. The fraction of sp³-hybridized carbons (Fsp3) is 0.156. The number of hydrogen-bond donors (Lipinski definition) is 3. The van der Waals surface area contributed by atoms with Gasteiger partial charge >= 0.3 is 31.6 Å². The average molecular weight is 843 g/mol. The van der Waals surface area contributed by atoms with Gasteiger partial charge in [0.05, 0.1) is 0 Å². The Balaban J connectivity index is 1.31. The summed E-state index contributed by atoms with van der Waals surface area (Å²) in [5, 5.41) is 50.8. The number of phenols is 3. The molecule has 0 aliphatic rings. The van der Waals surface area contributed by atoms with Crippen LogP contribution in [0.5, 0.6) is 28.7 Å². The summed E-state index contributed by atoms with van der Waals surface area (Å²) in [6, 6.07) is 24.5. The van der Waals surface area contributed by atoms with Crippen molar-refractivity contribution in [2.45, 2.75) is 57.3 Å². The Morgan fingerprint density at radius 2 is 0.983 bits per heavy atom. The third kappa shape index (κ3) is 7.59. The van der Waals surface area contributed by atoms with Gasteiger partial charge in [0.1, 0.15) is 27.0 Å². The monoisotopic (exact) mass is 842 g/mol. The van der Waals surface area contributed by atoms with Crippen molar-refractivity contribution in [3.8, 4) is 28.7 Å². The van der Waals surface area contributed by atoms with E-state index in [1.165, 1.54) is 60.7 Å². The highest BCUT2D eigenvalue weighted by atomic mass is 32.2. The molecule has 0 aliphatic carbocycles. The number of hydrogen-bond acceptors (Lipinski definition) is 11. The van der Waals surface area contributed by atoms with Crippen LogP contribution in [-0.4, -0.2) is 32.2 Å². The SMILES string of the molecule is Cc1cc(Cc2cc(C)c(O)cc2C)c(OS(=O)(=O)c2cccc3c(O)c([N+]#N)ccc23)c(Cc2cc(C)c(OS(=O)(=O)c3cccc4c(O)c([N+]#N)ccc34)cc2C)c1. The number of aryl methyl sites for hydroxylation is 5. The molecule has 0 atom stereocenters. The van der Waals surface area contributed by atoms with Crippen LogP contribution >= 0.6 is 0 Å². The van der Waals surface area contributed by atoms with E-state index in [-0.39, 0.29) is 72.8 Å². The molecular formula is C45H38N4O9S2+2. The first-order valence-corrected chi connectivity index (χ1v) is 21.3. The minimum Gasteiger partial charge on any atom is -0.508 e. The van der Waals surface area contributed by atoms with E-state index in [1.54, 1.807) is 39.0 Å². The van der Waals surface area contributed by atoms with Gasteiger partial charge in [0.2, 0.25) is 22.3 Å². The summed E-state index contributed by atoms with van der Waals surface area (Å²) in [7, 11) is -9.06. The maximum atomic E-state index is 14.4. The Labute approximate surface area is 346 Å². The van der Waals surface area contributed by atoms with E-state index in [4.69, 9.17) is 8.37 Å². The summed E-state index contributed by atoms with van der Waals surface area (Å²) in [6.45, 7) is 8.96. The maximum Gasteiger partial charge on any atom is 0.426 e. The molecule has 0 fully saturated rings. The second kappa shape index (κ2) is 15.5. The second-order valence-corrected chi connectivity index (χ2v) is 17.7. The molecule has 0 saturated carbocycles. The summed E-state index contributed by atoms with van der Waals surface area (Å²) < 4.78 is 68.1. The Morgan fingerprint density at radius 3 is 1.48 bits per heavy atom. The van der Waals surface area contributed by atoms with Crippen molar-refractivity contribution >= 4 is 53.2 Å². The van der Waals surface area contributed by atoms with Gasteiger partial charge in [-0.1, -0.05) is 54.1 Å². The van der Waals surface area contributed by atoms with Crippen LogP contribution in [0.15, 0.2) is 107 Å². The van der Waals surface area contributed by atoms with Crippen LogP contribution in [0, 0.1) is 45.4 Å². The second-order valence-electron chi connectivity index (χ2n) is 14.7. The third-order valence-electron chi connectivity index (χ3n) is 10.5. The van der Waals surface area contributed by atoms with Crippen LogP contribution in [0.1, 0.15) is 50.1 Å². The highest BCUT2D eigenvalue weighted by Gasteiger charge is 2.28. The first-order chi connectivity index (χ1) is 28.4. The van der Waals surface area contributed by atoms with Gasteiger partial charge in [-0.2, -0.15) is 16.8 Å². The van der Waals surface area contributed by atoms with Crippen LogP contribution < -0.4 is 8.37 Å². The van der Waals surface area contributed by atoms with Gasteiger partial charge in [-0.15, -0.1) is 0 Å². The molecule has 0 unspecified atom stereocenters. The molecule has 7 aromatic carbocycles. The molecule has 0 radical (unpaired) electrons. The van der Waals surface area contributed by atoms with Gasteiger partial charge < -0.3 is 23.7 Å². The number of aromatic hydroxyl groups is 3. The molecule has 0 spiro atoms. The van der Waals surface area contributed by atoms with E-state index >= 15 is 0 Å². The van der Waals surface area contributed by atoms with E-state index in [1.807, 2.05) is 32.0 Å². The third-order valence-corrected chi connectivity index (χ3v) is 13.1. The maximum absolute atomic E-state index is 14.4. The van der Waals surface area contributed by atoms with E-state index in [0.29, 0.717) is 27.8 Å². The summed E-state index contributed by atoms with van der Waals surface area (Å²) in [4.78, 5) is 5.68. The summed E-state index contributed by atoms with van der Waals surface area (Å²) in [5.74, 6) is -0.538. The summed E-state index contributed by atoms with van der Waals surface area (Å²) >= 11 is 0. The molecule has 0 aliphatic heterocycles. The van der Waals surface area contributed by atoms with Crippen LogP contribution in [0.4, 0.5) is 11.4 Å². The fourth-order valence-electron chi connectivity index (χ4n) is 7.41. The standard InChI is InChI=1S/C45H36N4O9S2/c1-24-16-31(22-29-18-27(4)39(50)20-25(29)2)45(58-60(55,56)42-11-7-9-36-34(42)13-15-38(49-47)44(36)52)32(17-24)23-30-19-28(5)40(21-26(30)3)57-59(53,54)41-10-6-8-35-33(41)12-14-37(48-46)43(35)51/h6-21H,22-23H2,1-5H3,(H-2,50,51,52)/p+2. The van der Waals surface area contributed by atoms with E-state index in [0.717, 1.165) is 22.3 Å². The highest BCUT2D eigenvalue weighted by Crippen LogP contribution is 2.41. The van der Waals surface area contributed by atoms with Crippen molar-refractivity contribution in [1.82, 2.24) is 0 Å². The number of rotatable bonds is 10.